The molecule has 0 fully saturated rings. The average Bonchev–Trinajstić information content (AvgIpc) is 3.27. The third-order valence-electron chi connectivity index (χ3n) is 10.7. The quantitative estimate of drug-likeness (QED) is 0.0294. The predicted molar refractivity (Wildman–Crippen MR) is 253 cm³/mol. The first-order valence-corrected chi connectivity index (χ1v) is 23.5. The summed E-state index contributed by atoms with van der Waals surface area (Å²) in [6.45, 7) is 13.8. The maximum absolute atomic E-state index is 13.3. The molecule has 346 valence electrons. The Morgan fingerprint density at radius 2 is 1.08 bits per heavy atom. The molecule has 0 bridgehead atoms. The van der Waals surface area contributed by atoms with E-state index in [9.17, 15) is 19.2 Å². The van der Waals surface area contributed by atoms with Crippen molar-refractivity contribution in [1.82, 2.24) is 21.3 Å². The van der Waals surface area contributed by atoms with Gasteiger partial charge in [-0.3, -0.25) is 19.2 Å². The van der Waals surface area contributed by atoms with E-state index in [-0.39, 0.29) is 25.0 Å². The first-order chi connectivity index (χ1) is 30.2. The molecular formula is C50H80N6O6. The van der Waals surface area contributed by atoms with Crippen molar-refractivity contribution in [3.63, 3.8) is 0 Å². The van der Waals surface area contributed by atoms with Crippen LogP contribution in [0.5, 0.6) is 11.5 Å². The minimum Gasteiger partial charge on any atom is -0.483 e. The molecule has 12 nitrogen and oxygen atoms in total. The fraction of sp³-hybridized carbons (Fsp3) is 0.600. The van der Waals surface area contributed by atoms with Crippen LogP contribution in [0.4, 0.5) is 0 Å². The normalized spacial score (nSPS) is 11.9. The van der Waals surface area contributed by atoms with Gasteiger partial charge in [-0.25, -0.2) is 0 Å². The Bertz CT molecular complexity index is 1620. The molecule has 2 aromatic carbocycles. The third kappa shape index (κ3) is 22.4. The van der Waals surface area contributed by atoms with Gasteiger partial charge in [-0.15, -0.1) is 13.2 Å². The topological polar surface area (TPSA) is 187 Å². The van der Waals surface area contributed by atoms with Crippen molar-refractivity contribution < 1.29 is 28.7 Å². The molecule has 0 aliphatic heterocycles. The van der Waals surface area contributed by atoms with Crippen LogP contribution in [0, 0.1) is 0 Å². The number of rotatable bonds is 37. The average molecular weight is 861 g/mol. The van der Waals surface area contributed by atoms with Crippen molar-refractivity contribution in [3.05, 3.63) is 72.8 Å². The van der Waals surface area contributed by atoms with Gasteiger partial charge in [0.05, 0.1) is 0 Å². The molecule has 0 spiro atoms. The number of nitrogens with two attached hydrogens (primary N) is 2. The monoisotopic (exact) mass is 861 g/mol. The van der Waals surface area contributed by atoms with Crippen LogP contribution in [0.1, 0.15) is 141 Å². The van der Waals surface area contributed by atoms with Crippen LogP contribution in [-0.4, -0.2) is 75.1 Å². The molecule has 8 N–H and O–H groups in total. The Balaban J connectivity index is 2.15. The lowest BCUT2D eigenvalue weighted by molar-refractivity contribution is -0.130. The van der Waals surface area contributed by atoms with Crippen LogP contribution in [0.15, 0.2) is 61.7 Å². The highest BCUT2D eigenvalue weighted by atomic mass is 16.5. The van der Waals surface area contributed by atoms with Gasteiger partial charge >= 0.3 is 0 Å². The van der Waals surface area contributed by atoms with Gasteiger partial charge in [0, 0.05) is 18.7 Å². The van der Waals surface area contributed by atoms with Gasteiger partial charge < -0.3 is 42.2 Å². The number of nitrogens with one attached hydrogen (secondary N) is 4. The zero-order valence-corrected chi connectivity index (χ0v) is 38.2. The summed E-state index contributed by atoms with van der Waals surface area (Å²) in [4.78, 5) is 52.7. The number of benzene rings is 2. The van der Waals surface area contributed by atoms with Crippen molar-refractivity contribution in [2.45, 2.75) is 154 Å². The minimum atomic E-state index is -0.683. The van der Waals surface area contributed by atoms with Crippen molar-refractivity contribution >= 4 is 23.6 Å². The lowest BCUT2D eigenvalue weighted by Gasteiger charge is -2.20. The number of unbranched alkanes of at least 4 members (excludes halogenated alkanes) is 12. The molecule has 62 heavy (non-hydrogen) atoms. The highest BCUT2D eigenvalue weighted by Crippen LogP contribution is 2.35. The van der Waals surface area contributed by atoms with Gasteiger partial charge in [-0.05, 0) is 118 Å². The van der Waals surface area contributed by atoms with E-state index in [2.05, 4.69) is 48.3 Å². The van der Waals surface area contributed by atoms with E-state index in [4.69, 9.17) is 20.9 Å². The van der Waals surface area contributed by atoms with E-state index in [0.717, 1.165) is 73.6 Å². The lowest BCUT2D eigenvalue weighted by atomic mass is 9.97. The number of hydrogen-bond acceptors (Lipinski definition) is 8. The number of hydrogen-bond donors (Lipinski definition) is 6. The maximum atomic E-state index is 13.3. The van der Waals surface area contributed by atoms with Crippen LogP contribution in [0.25, 0.3) is 11.1 Å². The number of allylic oxidation sites excluding steroid dienone is 2. The van der Waals surface area contributed by atoms with Gasteiger partial charge in [0.1, 0.15) is 23.6 Å². The Morgan fingerprint density at radius 1 is 0.597 bits per heavy atom. The molecule has 0 heterocycles. The summed E-state index contributed by atoms with van der Waals surface area (Å²) in [6.07, 6.45) is 22.1. The number of ether oxygens (including phenoxy) is 2. The molecule has 4 amide bonds. The molecule has 12 heteroatoms. The van der Waals surface area contributed by atoms with Gasteiger partial charge in [0.25, 0.3) is 11.8 Å². The van der Waals surface area contributed by atoms with Crippen molar-refractivity contribution in [3.8, 4) is 22.6 Å². The largest absolute Gasteiger partial charge is 0.483 e. The summed E-state index contributed by atoms with van der Waals surface area (Å²) < 4.78 is 12.2. The van der Waals surface area contributed by atoms with Crippen molar-refractivity contribution in [2.24, 2.45) is 11.5 Å². The molecule has 0 saturated carbocycles. The second-order valence-electron chi connectivity index (χ2n) is 16.1. The van der Waals surface area contributed by atoms with E-state index in [1.807, 2.05) is 36.4 Å². The molecule has 0 aliphatic rings. The second-order valence-corrected chi connectivity index (χ2v) is 16.1. The third-order valence-corrected chi connectivity index (χ3v) is 10.7. The van der Waals surface area contributed by atoms with Gasteiger partial charge in [0.15, 0.2) is 13.2 Å². The molecule has 2 atom stereocenters. The minimum absolute atomic E-state index is 0.193. The summed E-state index contributed by atoms with van der Waals surface area (Å²) >= 11 is 0. The molecule has 2 unspecified atom stereocenters. The Kier molecular flexibility index (Phi) is 29.2. The van der Waals surface area contributed by atoms with Crippen LogP contribution < -0.4 is 42.2 Å². The molecule has 0 aliphatic carbocycles. The molecule has 0 aromatic heterocycles. The highest BCUT2D eigenvalue weighted by molar-refractivity contribution is 5.89. The molecule has 2 aromatic rings. The number of amides is 4. The summed E-state index contributed by atoms with van der Waals surface area (Å²) in [5.74, 6) is -0.177. The molecule has 2 rings (SSSR count). The summed E-state index contributed by atoms with van der Waals surface area (Å²) in [7, 11) is 0. The van der Waals surface area contributed by atoms with Crippen LogP contribution in [-0.2, 0) is 32.0 Å². The standard InChI is InChI=1S/C50H80N6O6/c1-5-9-11-13-15-21-33-53-49(59)43(25-17-19-31-51)55-47(57)37-61-45-30-28-40(36-41(45)24-8-4)42-35-39(23-7-3)27-29-46(42)62-38-48(58)56-44(26-18-20-32-52)50(60)54-34-22-16-14-12-10-6-2/h7-8,27-30,35-36,43-44H,3-6,9-26,31-34,37-38,51-52H2,1-2H3,(H,53,59)(H,54,60)(H,55,57)(H,56,58). The molecular weight excluding hydrogens is 781 g/mol. The van der Waals surface area contributed by atoms with Gasteiger partial charge in [0.2, 0.25) is 11.8 Å². The van der Waals surface area contributed by atoms with E-state index in [0.29, 0.717) is 76.2 Å². The number of carbonyl (C=O) groups is 4. The van der Waals surface area contributed by atoms with E-state index < -0.39 is 23.9 Å². The first-order valence-electron chi connectivity index (χ1n) is 23.5. The van der Waals surface area contributed by atoms with Gasteiger partial charge in [-0.1, -0.05) is 102 Å². The Hall–Kier alpha value is -4.68. The maximum Gasteiger partial charge on any atom is 0.258 e. The predicted octanol–water partition coefficient (Wildman–Crippen LogP) is 7.75. The lowest BCUT2D eigenvalue weighted by Crippen LogP contribution is -2.48. The summed E-state index contributed by atoms with van der Waals surface area (Å²) in [5, 5.41) is 11.8. The SMILES string of the molecule is C=CCc1ccc(OCC(=O)NC(CCCCN)C(=O)NCCCCCCCC)c(-c2ccc(OCC(=O)NC(CCCCN)C(=O)NCCCCCCCC)c(CC=C)c2)c1. The highest BCUT2D eigenvalue weighted by Gasteiger charge is 2.23. The number of carbonyl (C=O) groups excluding carboxylic acids is 4. The first kappa shape index (κ1) is 53.5. The van der Waals surface area contributed by atoms with Crippen molar-refractivity contribution in [2.75, 3.05) is 39.4 Å². The zero-order chi connectivity index (χ0) is 45.2. The van der Waals surface area contributed by atoms with E-state index >= 15 is 0 Å². The fourth-order valence-corrected chi connectivity index (χ4v) is 7.19. The summed E-state index contributed by atoms with van der Waals surface area (Å²) in [5.41, 5.74) is 14.8. The second kappa shape index (κ2) is 33.9. The smallest absolute Gasteiger partial charge is 0.258 e. The zero-order valence-electron chi connectivity index (χ0n) is 38.2. The molecule has 0 radical (unpaired) electrons. The van der Waals surface area contributed by atoms with E-state index in [1.165, 1.54) is 38.5 Å². The van der Waals surface area contributed by atoms with Crippen LogP contribution in [0.3, 0.4) is 0 Å². The fourth-order valence-electron chi connectivity index (χ4n) is 7.19. The molecule has 0 saturated heterocycles. The Labute approximate surface area is 373 Å². The van der Waals surface area contributed by atoms with Crippen molar-refractivity contribution in [1.29, 1.82) is 0 Å². The van der Waals surface area contributed by atoms with Crippen LogP contribution in [0.2, 0.25) is 0 Å². The van der Waals surface area contributed by atoms with Crippen LogP contribution >= 0.6 is 0 Å². The Morgan fingerprint density at radius 3 is 1.58 bits per heavy atom. The summed E-state index contributed by atoms with van der Waals surface area (Å²) in [6, 6.07) is 10.1. The van der Waals surface area contributed by atoms with Gasteiger partial charge in [-0.2, -0.15) is 0 Å². The van der Waals surface area contributed by atoms with E-state index in [1.54, 1.807) is 12.1 Å².